The number of amides is 1. The maximum atomic E-state index is 13.3. The van der Waals surface area contributed by atoms with E-state index in [0.717, 1.165) is 29.0 Å². The van der Waals surface area contributed by atoms with Gasteiger partial charge in [-0.2, -0.15) is 0 Å². The number of rotatable bonds is 7. The van der Waals surface area contributed by atoms with E-state index in [1.54, 1.807) is 30.2 Å². The van der Waals surface area contributed by atoms with Gasteiger partial charge < -0.3 is 9.62 Å². The van der Waals surface area contributed by atoms with Gasteiger partial charge in [-0.1, -0.05) is 42.5 Å². The van der Waals surface area contributed by atoms with E-state index in [4.69, 9.17) is 5.14 Å². The van der Waals surface area contributed by atoms with Gasteiger partial charge in [-0.05, 0) is 49.3 Å². The van der Waals surface area contributed by atoms with Crippen LogP contribution < -0.4 is 9.86 Å². The van der Waals surface area contributed by atoms with Crippen LogP contribution in [0.3, 0.4) is 0 Å². The highest BCUT2D eigenvalue weighted by Gasteiger charge is 2.23. The minimum absolute atomic E-state index is 0.105. The molecular weight excluding hydrogens is 428 g/mol. The Morgan fingerprint density at radius 3 is 2.71 bits per heavy atom. The predicted octanol–water partition coefficient (Wildman–Crippen LogP) is 4.71. The van der Waals surface area contributed by atoms with Crippen molar-refractivity contribution in [1.29, 1.82) is 0 Å². The second kappa shape index (κ2) is 10.6. The Hall–Kier alpha value is -2.68. The Kier molecular flexibility index (Phi) is 7.84. The van der Waals surface area contributed by atoms with E-state index >= 15 is 0 Å². The summed E-state index contributed by atoms with van der Waals surface area (Å²) in [5.41, 5.74) is 3.78. The van der Waals surface area contributed by atoms with Crippen molar-refractivity contribution in [3.05, 3.63) is 88.4 Å². The lowest BCUT2D eigenvalue weighted by Gasteiger charge is -2.26. The average Bonchev–Trinajstić information content (AvgIpc) is 2.79. The van der Waals surface area contributed by atoms with Crippen LogP contribution in [0.2, 0.25) is 0 Å². The molecule has 3 N–H and O–H groups in total. The van der Waals surface area contributed by atoms with Crippen LogP contribution in [0.4, 0.5) is 5.69 Å². The minimum Gasteiger partial charge on any atom is -0.335 e. The summed E-state index contributed by atoms with van der Waals surface area (Å²) in [6.07, 6.45) is 5.86. The number of anilines is 1. The highest BCUT2D eigenvalue weighted by Crippen LogP contribution is 2.26. The maximum Gasteiger partial charge on any atom is 0.256 e. The molecule has 2 atom stereocenters. The molecule has 0 aromatic heterocycles. The van der Waals surface area contributed by atoms with E-state index in [-0.39, 0.29) is 11.9 Å². The van der Waals surface area contributed by atoms with E-state index < -0.39 is 11.0 Å². The number of carbonyl (C=O) groups excluding carboxylic acids is 1. The molecule has 0 saturated heterocycles. The van der Waals surface area contributed by atoms with Gasteiger partial charge in [0.15, 0.2) is 0 Å². The van der Waals surface area contributed by atoms with Crippen molar-refractivity contribution < 1.29 is 9.00 Å². The first kappa shape index (κ1) is 23.0. The standard InChI is InChI=1S/C23H26N4O2S2/c1-16-12-13-21(23(28)27(3)17(2)18-8-5-4-6-9-18)22(14-16)26-31(29)20-11-7-10-19(15-20)25-30-24/h4-14,17,26H,15,24H2,1-3H3/b25-19-. The lowest BCUT2D eigenvalue weighted by atomic mass is 10.0. The second-order valence-corrected chi connectivity index (χ2v) is 8.94. The molecule has 1 aliphatic carbocycles. The van der Waals surface area contributed by atoms with Gasteiger partial charge in [0.05, 0.1) is 35.1 Å². The monoisotopic (exact) mass is 454 g/mol. The highest BCUT2D eigenvalue weighted by molar-refractivity contribution is 7.95. The Balaban J connectivity index is 1.83. The van der Waals surface area contributed by atoms with E-state index in [1.165, 1.54) is 0 Å². The fraction of sp³-hybridized carbons (Fsp3) is 0.217. The molecule has 0 bridgehead atoms. The Bertz CT molecular complexity index is 1060. The van der Waals surface area contributed by atoms with E-state index in [1.807, 2.05) is 62.4 Å². The first-order valence-corrected chi connectivity index (χ1v) is 11.8. The van der Waals surface area contributed by atoms with E-state index in [0.29, 0.717) is 22.6 Å². The molecule has 162 valence electrons. The van der Waals surface area contributed by atoms with Crippen molar-refractivity contribution >= 4 is 40.4 Å². The Labute approximate surface area is 190 Å². The lowest BCUT2D eigenvalue weighted by molar-refractivity contribution is 0.0743. The molecule has 0 radical (unpaired) electrons. The van der Waals surface area contributed by atoms with Crippen molar-refractivity contribution in [2.45, 2.75) is 26.3 Å². The van der Waals surface area contributed by atoms with Crippen LogP contribution in [0.15, 0.2) is 76.1 Å². The second-order valence-electron chi connectivity index (χ2n) is 7.28. The smallest absolute Gasteiger partial charge is 0.256 e. The zero-order chi connectivity index (χ0) is 22.4. The van der Waals surface area contributed by atoms with Crippen LogP contribution in [-0.2, 0) is 11.0 Å². The molecule has 2 aromatic carbocycles. The average molecular weight is 455 g/mol. The molecule has 3 rings (SSSR count). The SMILES string of the molecule is Cc1ccc(C(=O)N(C)C(C)c2ccccc2)c(NS(=O)C2=CC=C/C(=N/SN)C2)c1. The summed E-state index contributed by atoms with van der Waals surface area (Å²) >= 11 is 0.878. The molecule has 6 nitrogen and oxygen atoms in total. The summed E-state index contributed by atoms with van der Waals surface area (Å²) in [4.78, 5) is 15.7. The van der Waals surface area contributed by atoms with Gasteiger partial charge in [-0.15, -0.1) is 0 Å². The number of nitrogens with one attached hydrogen (secondary N) is 1. The summed E-state index contributed by atoms with van der Waals surface area (Å²) in [7, 11) is 0.262. The predicted molar refractivity (Wildman–Crippen MR) is 131 cm³/mol. The summed E-state index contributed by atoms with van der Waals surface area (Å²) in [5, 5.41) is 5.41. The molecule has 31 heavy (non-hydrogen) atoms. The fourth-order valence-electron chi connectivity index (χ4n) is 3.24. The molecule has 0 saturated carbocycles. The first-order chi connectivity index (χ1) is 14.9. The molecule has 0 heterocycles. The summed E-state index contributed by atoms with van der Waals surface area (Å²) in [6.45, 7) is 3.92. The topological polar surface area (TPSA) is 87.8 Å². The van der Waals surface area contributed by atoms with Gasteiger partial charge in [0, 0.05) is 18.4 Å². The first-order valence-electron chi connectivity index (χ1n) is 9.82. The van der Waals surface area contributed by atoms with Gasteiger partial charge in [0.2, 0.25) is 0 Å². The third-order valence-electron chi connectivity index (χ3n) is 5.13. The zero-order valence-corrected chi connectivity index (χ0v) is 19.4. The molecule has 0 fully saturated rings. The van der Waals surface area contributed by atoms with Gasteiger partial charge in [0.25, 0.3) is 5.91 Å². The van der Waals surface area contributed by atoms with E-state index in [9.17, 15) is 9.00 Å². The van der Waals surface area contributed by atoms with Crippen molar-refractivity contribution in [2.24, 2.45) is 9.54 Å². The molecule has 0 spiro atoms. The molecule has 0 aliphatic heterocycles. The van der Waals surface area contributed by atoms with Gasteiger partial charge in [-0.25, -0.2) is 8.61 Å². The molecule has 2 unspecified atom stereocenters. The van der Waals surface area contributed by atoms with Crippen LogP contribution in [0, 0.1) is 6.92 Å². The van der Waals surface area contributed by atoms with Gasteiger partial charge >= 0.3 is 0 Å². The number of aryl methyl sites for hydroxylation is 1. The van der Waals surface area contributed by atoms with Crippen LogP contribution in [-0.4, -0.2) is 27.8 Å². The number of hydrogen-bond donors (Lipinski definition) is 2. The quantitative estimate of drug-likeness (QED) is 0.593. The number of nitrogens with two attached hydrogens (primary N) is 1. The van der Waals surface area contributed by atoms with Crippen molar-refractivity contribution in [3.8, 4) is 0 Å². The lowest BCUT2D eigenvalue weighted by Crippen LogP contribution is -2.30. The third-order valence-corrected chi connectivity index (χ3v) is 6.63. The number of hydrogen-bond acceptors (Lipinski definition) is 5. The largest absolute Gasteiger partial charge is 0.335 e. The summed E-state index contributed by atoms with van der Waals surface area (Å²) < 4.78 is 20.2. The van der Waals surface area contributed by atoms with Crippen molar-refractivity contribution in [3.63, 3.8) is 0 Å². The zero-order valence-electron chi connectivity index (χ0n) is 17.7. The third kappa shape index (κ3) is 5.72. The van der Waals surface area contributed by atoms with Crippen LogP contribution in [0.25, 0.3) is 0 Å². The van der Waals surface area contributed by atoms with Crippen molar-refractivity contribution in [2.75, 3.05) is 11.8 Å². The van der Waals surface area contributed by atoms with Crippen molar-refractivity contribution in [1.82, 2.24) is 4.90 Å². The molecular formula is C23H26N4O2S2. The van der Waals surface area contributed by atoms with Gasteiger partial charge in [0.1, 0.15) is 11.0 Å². The molecule has 2 aromatic rings. The number of nitrogens with zero attached hydrogens (tertiary/aromatic N) is 2. The number of allylic oxidation sites excluding steroid dienone is 4. The van der Waals surface area contributed by atoms with Gasteiger partial charge in [-0.3, -0.25) is 9.93 Å². The number of benzene rings is 2. The van der Waals surface area contributed by atoms with Crippen LogP contribution in [0.5, 0.6) is 0 Å². The van der Waals surface area contributed by atoms with Crippen LogP contribution in [0.1, 0.15) is 40.9 Å². The molecule has 8 heteroatoms. The minimum atomic E-state index is -1.52. The highest BCUT2D eigenvalue weighted by atomic mass is 32.2. The Morgan fingerprint density at radius 2 is 2.00 bits per heavy atom. The van der Waals surface area contributed by atoms with Crippen LogP contribution >= 0.6 is 12.1 Å². The molecule has 1 amide bonds. The number of carbonyl (C=O) groups is 1. The normalized spacial score (nSPS) is 16.5. The molecule has 1 aliphatic rings. The van der Waals surface area contributed by atoms with E-state index in [2.05, 4.69) is 9.12 Å². The fourth-order valence-corrected chi connectivity index (χ4v) is 4.48. The maximum absolute atomic E-state index is 13.3. The summed E-state index contributed by atoms with van der Waals surface area (Å²) in [6, 6.07) is 15.3. The summed E-state index contributed by atoms with van der Waals surface area (Å²) in [5.74, 6) is -0.143. The Morgan fingerprint density at radius 1 is 1.26 bits per heavy atom.